The Morgan fingerprint density at radius 2 is 1.22 bits per heavy atom. The summed E-state index contributed by atoms with van der Waals surface area (Å²) in [5.74, 6) is 0.557. The Labute approximate surface area is 146 Å². The standard InChI is InChI=1S/C21H43NO/c1-2-3-4-5-6-7-8-9-10-11-12-13-14-15-17-22-18-16-21(19-22)20-23/h21,23H,2-20H2,1H3. The van der Waals surface area contributed by atoms with Gasteiger partial charge in [0, 0.05) is 13.2 Å². The predicted octanol–water partition coefficient (Wildman–Crippen LogP) is 5.78. The molecule has 0 aromatic heterocycles. The highest BCUT2D eigenvalue weighted by molar-refractivity contribution is 4.74. The molecule has 1 heterocycles. The third kappa shape index (κ3) is 12.0. The third-order valence-corrected chi connectivity index (χ3v) is 5.46. The molecule has 0 aromatic rings. The fraction of sp³-hybridized carbons (Fsp3) is 1.00. The summed E-state index contributed by atoms with van der Waals surface area (Å²) in [7, 11) is 0. The topological polar surface area (TPSA) is 23.5 Å². The number of aliphatic hydroxyl groups is 1. The van der Waals surface area contributed by atoms with Crippen molar-refractivity contribution >= 4 is 0 Å². The van der Waals surface area contributed by atoms with Crippen LogP contribution in [-0.2, 0) is 0 Å². The molecule has 0 radical (unpaired) electrons. The molecule has 1 rings (SSSR count). The van der Waals surface area contributed by atoms with Gasteiger partial charge in [-0.15, -0.1) is 0 Å². The van der Waals surface area contributed by atoms with Gasteiger partial charge in [0.15, 0.2) is 0 Å². The maximum atomic E-state index is 9.15. The van der Waals surface area contributed by atoms with E-state index in [9.17, 15) is 0 Å². The van der Waals surface area contributed by atoms with Gasteiger partial charge < -0.3 is 10.0 Å². The smallest absolute Gasteiger partial charge is 0.0471 e. The molecule has 0 bridgehead atoms. The van der Waals surface area contributed by atoms with Crippen LogP contribution in [0.15, 0.2) is 0 Å². The van der Waals surface area contributed by atoms with Crippen molar-refractivity contribution in [3.63, 3.8) is 0 Å². The summed E-state index contributed by atoms with van der Waals surface area (Å²) in [5, 5.41) is 9.15. The summed E-state index contributed by atoms with van der Waals surface area (Å²) in [6, 6.07) is 0. The van der Waals surface area contributed by atoms with Crippen LogP contribution in [0.5, 0.6) is 0 Å². The molecule has 0 spiro atoms. The Morgan fingerprint density at radius 1 is 0.739 bits per heavy atom. The normalized spacial score (nSPS) is 18.8. The Kier molecular flexibility index (Phi) is 14.1. The Balaban J connectivity index is 1.70. The van der Waals surface area contributed by atoms with Crippen LogP contribution in [0.4, 0.5) is 0 Å². The van der Waals surface area contributed by atoms with Gasteiger partial charge in [0.05, 0.1) is 0 Å². The van der Waals surface area contributed by atoms with E-state index >= 15 is 0 Å². The number of aliphatic hydroxyl groups excluding tert-OH is 1. The molecule has 1 atom stereocenters. The number of rotatable bonds is 16. The lowest BCUT2D eigenvalue weighted by molar-refractivity contribution is 0.221. The summed E-state index contributed by atoms with van der Waals surface area (Å²) in [6.45, 7) is 6.28. The summed E-state index contributed by atoms with van der Waals surface area (Å²) in [6.07, 6.45) is 21.3. The molecule has 0 saturated carbocycles. The van der Waals surface area contributed by atoms with Crippen molar-refractivity contribution in [2.45, 2.75) is 103 Å². The first-order valence-corrected chi connectivity index (χ1v) is 10.7. The monoisotopic (exact) mass is 325 g/mol. The maximum absolute atomic E-state index is 9.15. The van der Waals surface area contributed by atoms with E-state index in [1.165, 1.54) is 109 Å². The molecule has 138 valence electrons. The average Bonchev–Trinajstić information content (AvgIpc) is 3.03. The van der Waals surface area contributed by atoms with Gasteiger partial charge in [-0.3, -0.25) is 0 Å². The number of nitrogens with zero attached hydrogens (tertiary/aromatic N) is 1. The number of hydrogen-bond acceptors (Lipinski definition) is 2. The fourth-order valence-electron chi connectivity index (χ4n) is 3.79. The van der Waals surface area contributed by atoms with Crippen molar-refractivity contribution in [1.82, 2.24) is 4.90 Å². The van der Waals surface area contributed by atoms with Gasteiger partial charge in [0.25, 0.3) is 0 Å². The zero-order valence-corrected chi connectivity index (χ0v) is 15.9. The Morgan fingerprint density at radius 3 is 1.65 bits per heavy atom. The van der Waals surface area contributed by atoms with Gasteiger partial charge in [-0.2, -0.15) is 0 Å². The van der Waals surface area contributed by atoms with Gasteiger partial charge in [-0.1, -0.05) is 90.4 Å². The molecule has 1 aliphatic rings. The molecule has 1 aliphatic heterocycles. The maximum Gasteiger partial charge on any atom is 0.0471 e. The fourth-order valence-corrected chi connectivity index (χ4v) is 3.79. The van der Waals surface area contributed by atoms with Gasteiger partial charge in [-0.25, -0.2) is 0 Å². The third-order valence-electron chi connectivity index (χ3n) is 5.46. The van der Waals surface area contributed by atoms with Crippen LogP contribution in [0.25, 0.3) is 0 Å². The zero-order valence-electron chi connectivity index (χ0n) is 15.9. The Hall–Kier alpha value is -0.0800. The SMILES string of the molecule is CCCCCCCCCCCCCCCCN1CCC(CO)C1. The van der Waals surface area contributed by atoms with Gasteiger partial charge >= 0.3 is 0 Å². The van der Waals surface area contributed by atoms with Crippen LogP contribution in [0.1, 0.15) is 103 Å². The van der Waals surface area contributed by atoms with E-state index < -0.39 is 0 Å². The quantitative estimate of drug-likeness (QED) is 0.363. The molecule has 1 fully saturated rings. The predicted molar refractivity (Wildman–Crippen MR) is 102 cm³/mol. The van der Waals surface area contributed by atoms with Crippen LogP contribution < -0.4 is 0 Å². The summed E-state index contributed by atoms with van der Waals surface area (Å²) in [4.78, 5) is 2.54. The van der Waals surface area contributed by atoms with Crippen LogP contribution in [-0.4, -0.2) is 36.2 Å². The highest BCUT2D eigenvalue weighted by Crippen LogP contribution is 2.17. The van der Waals surface area contributed by atoms with Crippen molar-refractivity contribution in [3.8, 4) is 0 Å². The van der Waals surface area contributed by atoms with E-state index in [1.807, 2.05) is 0 Å². The van der Waals surface area contributed by atoms with Crippen LogP contribution in [0.3, 0.4) is 0 Å². The van der Waals surface area contributed by atoms with Crippen molar-refractivity contribution in [2.24, 2.45) is 5.92 Å². The lowest BCUT2D eigenvalue weighted by atomic mass is 10.0. The van der Waals surface area contributed by atoms with Gasteiger partial charge in [0.2, 0.25) is 0 Å². The summed E-state index contributed by atoms with van der Waals surface area (Å²) < 4.78 is 0. The highest BCUT2D eigenvalue weighted by atomic mass is 16.3. The lowest BCUT2D eigenvalue weighted by Crippen LogP contribution is -2.22. The first kappa shape index (κ1) is 21.0. The van der Waals surface area contributed by atoms with Crippen molar-refractivity contribution < 1.29 is 5.11 Å². The number of likely N-dealkylation sites (tertiary alicyclic amines) is 1. The average molecular weight is 326 g/mol. The first-order chi connectivity index (χ1) is 11.4. The van der Waals surface area contributed by atoms with Crippen LogP contribution in [0.2, 0.25) is 0 Å². The number of hydrogen-bond donors (Lipinski definition) is 1. The second-order valence-corrected chi connectivity index (χ2v) is 7.73. The minimum Gasteiger partial charge on any atom is -0.396 e. The molecule has 0 amide bonds. The molecular weight excluding hydrogens is 282 g/mol. The second-order valence-electron chi connectivity index (χ2n) is 7.73. The minimum atomic E-state index is 0.384. The van der Waals surface area contributed by atoms with E-state index in [2.05, 4.69) is 11.8 Å². The van der Waals surface area contributed by atoms with E-state index in [0.29, 0.717) is 12.5 Å². The zero-order chi connectivity index (χ0) is 16.6. The highest BCUT2D eigenvalue weighted by Gasteiger charge is 2.20. The van der Waals surface area contributed by atoms with Gasteiger partial charge in [0.1, 0.15) is 0 Å². The largest absolute Gasteiger partial charge is 0.396 e. The van der Waals surface area contributed by atoms with E-state index in [1.54, 1.807) is 0 Å². The van der Waals surface area contributed by atoms with E-state index in [0.717, 1.165) is 6.54 Å². The molecule has 0 aliphatic carbocycles. The van der Waals surface area contributed by atoms with Crippen molar-refractivity contribution in [2.75, 3.05) is 26.2 Å². The minimum absolute atomic E-state index is 0.384. The molecule has 1 saturated heterocycles. The molecular formula is C21H43NO. The van der Waals surface area contributed by atoms with Crippen LogP contribution >= 0.6 is 0 Å². The first-order valence-electron chi connectivity index (χ1n) is 10.7. The Bertz CT molecular complexity index is 244. The molecule has 2 heteroatoms. The summed E-state index contributed by atoms with van der Waals surface area (Å²) >= 11 is 0. The number of unbranched alkanes of at least 4 members (excludes halogenated alkanes) is 13. The molecule has 1 unspecified atom stereocenters. The lowest BCUT2D eigenvalue weighted by Gasteiger charge is -2.15. The van der Waals surface area contributed by atoms with Crippen molar-refractivity contribution in [1.29, 1.82) is 0 Å². The van der Waals surface area contributed by atoms with E-state index in [4.69, 9.17) is 5.11 Å². The molecule has 1 N–H and O–H groups in total. The molecule has 2 nitrogen and oxygen atoms in total. The second kappa shape index (κ2) is 15.4. The van der Waals surface area contributed by atoms with Crippen molar-refractivity contribution in [3.05, 3.63) is 0 Å². The molecule has 23 heavy (non-hydrogen) atoms. The van der Waals surface area contributed by atoms with Gasteiger partial charge in [-0.05, 0) is 31.8 Å². The van der Waals surface area contributed by atoms with Crippen LogP contribution in [0, 0.1) is 5.92 Å². The van der Waals surface area contributed by atoms with E-state index in [-0.39, 0.29) is 0 Å². The molecule has 0 aromatic carbocycles. The summed E-state index contributed by atoms with van der Waals surface area (Å²) in [5.41, 5.74) is 0.